The Labute approximate surface area is 186 Å². The van der Waals surface area contributed by atoms with Crippen LogP contribution in [0.1, 0.15) is 49.5 Å². The highest BCUT2D eigenvalue weighted by molar-refractivity contribution is 5.95. The third-order valence-electron chi connectivity index (χ3n) is 5.62. The molecule has 5 nitrogen and oxygen atoms in total. The van der Waals surface area contributed by atoms with Gasteiger partial charge in [-0.05, 0) is 82.8 Å². The third kappa shape index (κ3) is 7.21. The Morgan fingerprint density at radius 2 is 1.65 bits per heavy atom. The minimum atomic E-state index is -0.198. The van der Waals surface area contributed by atoms with Crippen LogP contribution in [0.2, 0.25) is 0 Å². The molecule has 1 saturated heterocycles. The third-order valence-corrected chi connectivity index (χ3v) is 5.62. The van der Waals surface area contributed by atoms with Gasteiger partial charge in [-0.3, -0.25) is 14.5 Å². The summed E-state index contributed by atoms with van der Waals surface area (Å²) in [6.07, 6.45) is 1.98. The van der Waals surface area contributed by atoms with Crippen molar-refractivity contribution in [3.63, 3.8) is 0 Å². The quantitative estimate of drug-likeness (QED) is 0.741. The van der Waals surface area contributed by atoms with Crippen LogP contribution in [0.25, 0.3) is 11.1 Å². The zero-order valence-electron chi connectivity index (χ0n) is 19.2. The summed E-state index contributed by atoms with van der Waals surface area (Å²) in [6, 6.07) is 16.1. The fourth-order valence-corrected chi connectivity index (χ4v) is 4.01. The molecule has 0 aliphatic carbocycles. The average molecular weight is 422 g/mol. The van der Waals surface area contributed by atoms with Crippen LogP contribution in [-0.4, -0.2) is 48.4 Å². The van der Waals surface area contributed by atoms with Gasteiger partial charge in [0.1, 0.15) is 0 Å². The molecule has 1 fully saturated rings. The Bertz CT molecular complexity index is 909. The van der Waals surface area contributed by atoms with E-state index in [9.17, 15) is 9.59 Å². The Morgan fingerprint density at radius 1 is 1.00 bits per heavy atom. The van der Waals surface area contributed by atoms with E-state index in [1.165, 1.54) is 5.56 Å². The van der Waals surface area contributed by atoms with Crippen molar-refractivity contribution in [3.8, 4) is 11.1 Å². The average Bonchev–Trinajstić information content (AvgIpc) is 2.72. The van der Waals surface area contributed by atoms with Crippen LogP contribution < -0.4 is 10.6 Å². The standard InChI is InChI=1S/C26H35N3O2/c1-19-7-5-8-21(15-19)22-9-6-10-23(16-22)25(31)27-17-20-11-13-29(14-12-20)18-24(30)28-26(2,3)4/h5-10,15-16,20H,11-14,17-18H2,1-4H3,(H,27,31)(H,28,30). The Morgan fingerprint density at radius 3 is 2.29 bits per heavy atom. The predicted molar refractivity (Wildman–Crippen MR) is 126 cm³/mol. The van der Waals surface area contributed by atoms with Crippen LogP contribution >= 0.6 is 0 Å². The Balaban J connectivity index is 1.47. The monoisotopic (exact) mass is 421 g/mol. The minimum absolute atomic E-state index is 0.0264. The van der Waals surface area contributed by atoms with Gasteiger partial charge in [0, 0.05) is 17.6 Å². The highest BCUT2D eigenvalue weighted by atomic mass is 16.2. The number of carbonyl (C=O) groups is 2. The molecule has 0 aromatic heterocycles. The molecule has 0 spiro atoms. The van der Waals surface area contributed by atoms with E-state index in [1.54, 1.807) is 0 Å². The van der Waals surface area contributed by atoms with Crippen LogP contribution in [0, 0.1) is 12.8 Å². The van der Waals surface area contributed by atoms with E-state index in [-0.39, 0.29) is 17.4 Å². The van der Waals surface area contributed by atoms with Gasteiger partial charge in [0.2, 0.25) is 5.91 Å². The van der Waals surface area contributed by atoms with Crippen molar-refractivity contribution < 1.29 is 9.59 Å². The van der Waals surface area contributed by atoms with E-state index in [1.807, 2.05) is 51.1 Å². The summed E-state index contributed by atoms with van der Waals surface area (Å²) < 4.78 is 0. The molecule has 1 aliphatic rings. The lowest BCUT2D eigenvalue weighted by molar-refractivity contribution is -0.124. The van der Waals surface area contributed by atoms with Gasteiger partial charge in [0.15, 0.2) is 0 Å². The second-order valence-electron chi connectivity index (χ2n) is 9.68. The molecular weight excluding hydrogens is 386 g/mol. The fraction of sp³-hybridized carbons (Fsp3) is 0.462. The molecule has 0 unspecified atom stereocenters. The predicted octanol–water partition coefficient (Wildman–Crippen LogP) is 4.02. The van der Waals surface area contributed by atoms with Crippen molar-refractivity contribution in [1.29, 1.82) is 0 Å². The maximum atomic E-state index is 12.7. The molecule has 0 saturated carbocycles. The zero-order chi connectivity index (χ0) is 22.4. The number of piperidine rings is 1. The number of carbonyl (C=O) groups excluding carboxylic acids is 2. The second-order valence-corrected chi connectivity index (χ2v) is 9.68. The fourth-order valence-electron chi connectivity index (χ4n) is 4.01. The highest BCUT2D eigenvalue weighted by Crippen LogP contribution is 2.22. The first kappa shape index (κ1) is 23.0. The summed E-state index contributed by atoms with van der Waals surface area (Å²) in [6.45, 7) is 11.0. The summed E-state index contributed by atoms with van der Waals surface area (Å²) in [4.78, 5) is 27.0. The lowest BCUT2D eigenvalue weighted by Gasteiger charge is -2.32. The van der Waals surface area contributed by atoms with Gasteiger partial charge < -0.3 is 10.6 Å². The highest BCUT2D eigenvalue weighted by Gasteiger charge is 2.23. The van der Waals surface area contributed by atoms with Crippen molar-refractivity contribution >= 4 is 11.8 Å². The number of likely N-dealkylation sites (tertiary alicyclic amines) is 1. The van der Waals surface area contributed by atoms with Crippen LogP contribution in [0.3, 0.4) is 0 Å². The first-order chi connectivity index (χ1) is 14.7. The van der Waals surface area contributed by atoms with Crippen molar-refractivity contribution in [1.82, 2.24) is 15.5 Å². The molecule has 2 N–H and O–H groups in total. The number of nitrogens with one attached hydrogen (secondary N) is 2. The number of hydrogen-bond donors (Lipinski definition) is 2. The van der Waals surface area contributed by atoms with Crippen molar-refractivity contribution in [2.24, 2.45) is 5.92 Å². The maximum Gasteiger partial charge on any atom is 0.251 e. The first-order valence-corrected chi connectivity index (χ1v) is 11.2. The summed E-state index contributed by atoms with van der Waals surface area (Å²) in [5, 5.41) is 6.13. The van der Waals surface area contributed by atoms with Gasteiger partial charge in [0.05, 0.1) is 6.54 Å². The topological polar surface area (TPSA) is 61.4 Å². The lowest BCUT2D eigenvalue weighted by atomic mass is 9.96. The molecule has 166 valence electrons. The molecule has 2 aromatic carbocycles. The molecule has 0 radical (unpaired) electrons. The first-order valence-electron chi connectivity index (χ1n) is 11.2. The molecule has 1 heterocycles. The SMILES string of the molecule is Cc1cccc(-c2cccc(C(=O)NCC3CCN(CC(=O)NC(C)(C)C)CC3)c2)c1. The Hall–Kier alpha value is -2.66. The normalized spacial score (nSPS) is 15.5. The zero-order valence-corrected chi connectivity index (χ0v) is 19.2. The van der Waals surface area contributed by atoms with Gasteiger partial charge in [-0.2, -0.15) is 0 Å². The van der Waals surface area contributed by atoms with Crippen LogP contribution in [0.15, 0.2) is 48.5 Å². The summed E-state index contributed by atoms with van der Waals surface area (Å²) >= 11 is 0. The van der Waals surface area contributed by atoms with Crippen molar-refractivity contribution in [3.05, 3.63) is 59.7 Å². The van der Waals surface area contributed by atoms with Gasteiger partial charge in [-0.1, -0.05) is 42.0 Å². The van der Waals surface area contributed by atoms with Crippen LogP contribution in [0.4, 0.5) is 0 Å². The Kier molecular flexibility index (Phi) is 7.50. The molecule has 3 rings (SSSR count). The molecule has 0 bridgehead atoms. The summed E-state index contributed by atoms with van der Waals surface area (Å²) in [5.74, 6) is 0.500. The van der Waals surface area contributed by atoms with Crippen LogP contribution in [0.5, 0.6) is 0 Å². The molecular formula is C26H35N3O2. The largest absolute Gasteiger partial charge is 0.352 e. The molecule has 5 heteroatoms. The molecule has 1 aliphatic heterocycles. The van der Waals surface area contributed by atoms with E-state index in [4.69, 9.17) is 0 Å². The number of aryl methyl sites for hydroxylation is 1. The number of benzene rings is 2. The molecule has 2 aromatic rings. The number of nitrogens with zero attached hydrogens (tertiary/aromatic N) is 1. The van der Waals surface area contributed by atoms with E-state index in [0.29, 0.717) is 24.6 Å². The van der Waals surface area contributed by atoms with Crippen molar-refractivity contribution in [2.75, 3.05) is 26.2 Å². The molecule has 2 amide bonds. The molecule has 31 heavy (non-hydrogen) atoms. The van der Waals surface area contributed by atoms with E-state index in [2.05, 4.69) is 40.7 Å². The second kappa shape index (κ2) is 10.1. The minimum Gasteiger partial charge on any atom is -0.352 e. The van der Waals surface area contributed by atoms with Gasteiger partial charge in [0.25, 0.3) is 5.91 Å². The van der Waals surface area contributed by atoms with Gasteiger partial charge in [-0.15, -0.1) is 0 Å². The maximum absolute atomic E-state index is 12.7. The van der Waals surface area contributed by atoms with E-state index < -0.39 is 0 Å². The number of hydrogen-bond acceptors (Lipinski definition) is 3. The smallest absolute Gasteiger partial charge is 0.251 e. The van der Waals surface area contributed by atoms with Gasteiger partial charge in [-0.25, -0.2) is 0 Å². The number of amides is 2. The van der Waals surface area contributed by atoms with Crippen molar-refractivity contribution in [2.45, 2.75) is 46.1 Å². The molecule has 0 atom stereocenters. The summed E-state index contributed by atoms with van der Waals surface area (Å²) in [7, 11) is 0. The number of rotatable bonds is 6. The van der Waals surface area contributed by atoms with Gasteiger partial charge >= 0.3 is 0 Å². The van der Waals surface area contributed by atoms with E-state index >= 15 is 0 Å². The van der Waals surface area contributed by atoms with Crippen LogP contribution in [-0.2, 0) is 4.79 Å². The lowest BCUT2D eigenvalue weighted by Crippen LogP contribution is -2.48. The van der Waals surface area contributed by atoms with E-state index in [0.717, 1.165) is 37.1 Å². The summed E-state index contributed by atoms with van der Waals surface area (Å²) in [5.41, 5.74) is 3.87.